The average Bonchev–Trinajstić information content (AvgIpc) is 2.67. The number of H-pyrrole nitrogens is 1. The largest absolute Gasteiger partial charge is 0.469 e. The van der Waals surface area contributed by atoms with E-state index in [4.69, 9.17) is 16.3 Å². The van der Waals surface area contributed by atoms with Crippen molar-refractivity contribution in [3.63, 3.8) is 0 Å². The van der Waals surface area contributed by atoms with E-state index in [9.17, 15) is 18.0 Å². The summed E-state index contributed by atoms with van der Waals surface area (Å²) in [6.45, 7) is 1.81. The van der Waals surface area contributed by atoms with Crippen molar-refractivity contribution in [2.24, 2.45) is 0 Å². The summed E-state index contributed by atoms with van der Waals surface area (Å²) in [5, 5.41) is 1.10. The number of pyridine rings is 1. The number of aromatic amines is 1. The highest BCUT2D eigenvalue weighted by atomic mass is 35.5. The third kappa shape index (κ3) is 4.36. The molecule has 1 aromatic heterocycles. The van der Waals surface area contributed by atoms with Crippen molar-refractivity contribution >= 4 is 38.3 Å². The van der Waals surface area contributed by atoms with E-state index in [1.54, 1.807) is 24.3 Å². The minimum Gasteiger partial charge on any atom is -0.469 e. The Morgan fingerprint density at radius 1 is 1.14 bits per heavy atom. The van der Waals surface area contributed by atoms with Crippen LogP contribution in [0.4, 0.5) is 0 Å². The molecule has 0 saturated carbocycles. The Balaban J connectivity index is 2.12. The van der Waals surface area contributed by atoms with E-state index in [0.29, 0.717) is 33.5 Å². The van der Waals surface area contributed by atoms with E-state index in [1.807, 2.05) is 6.92 Å². The van der Waals surface area contributed by atoms with Gasteiger partial charge < -0.3 is 9.72 Å². The number of hydrogen-bond acceptors (Lipinski definition) is 5. The van der Waals surface area contributed by atoms with Crippen LogP contribution in [0.3, 0.4) is 0 Å². The predicted molar refractivity (Wildman–Crippen MR) is 112 cm³/mol. The first-order chi connectivity index (χ1) is 13.6. The molecule has 3 rings (SSSR count). The molecule has 0 bridgehead atoms. The van der Waals surface area contributed by atoms with E-state index in [2.05, 4.69) is 4.98 Å². The first-order valence-corrected chi connectivity index (χ1v) is 11.1. The van der Waals surface area contributed by atoms with Crippen molar-refractivity contribution < 1.29 is 17.9 Å². The zero-order chi connectivity index (χ0) is 21.3. The van der Waals surface area contributed by atoms with Crippen LogP contribution in [0.2, 0.25) is 5.02 Å². The molecule has 0 fully saturated rings. The van der Waals surface area contributed by atoms with Crippen LogP contribution < -0.4 is 5.56 Å². The van der Waals surface area contributed by atoms with Crippen molar-refractivity contribution in [1.82, 2.24) is 4.98 Å². The van der Waals surface area contributed by atoms with Gasteiger partial charge in [0.1, 0.15) is 0 Å². The molecule has 0 radical (unpaired) electrons. The highest BCUT2D eigenvalue weighted by Crippen LogP contribution is 2.29. The molecule has 0 unspecified atom stereocenters. The van der Waals surface area contributed by atoms with E-state index in [-0.39, 0.29) is 16.9 Å². The molecule has 0 aliphatic carbocycles. The van der Waals surface area contributed by atoms with Crippen LogP contribution >= 0.6 is 11.6 Å². The molecular weight excluding hydrogens is 414 g/mol. The summed E-state index contributed by atoms with van der Waals surface area (Å²) in [7, 11) is -1.97. The predicted octanol–water partition coefficient (Wildman–Crippen LogP) is 3.20. The smallest absolute Gasteiger partial charge is 0.310 e. The molecule has 0 saturated heterocycles. The second-order valence-electron chi connectivity index (χ2n) is 6.86. The molecule has 2 aromatic carbocycles. The number of sulfone groups is 1. The Morgan fingerprint density at radius 3 is 2.38 bits per heavy atom. The lowest BCUT2D eigenvalue weighted by molar-refractivity contribution is -0.139. The quantitative estimate of drug-likeness (QED) is 0.623. The zero-order valence-electron chi connectivity index (χ0n) is 16.2. The van der Waals surface area contributed by atoms with Gasteiger partial charge in [0.2, 0.25) is 0 Å². The number of carbonyl (C=O) groups is 1. The average molecular weight is 434 g/mol. The van der Waals surface area contributed by atoms with Gasteiger partial charge in [-0.3, -0.25) is 9.59 Å². The molecule has 6 nitrogen and oxygen atoms in total. The summed E-state index contributed by atoms with van der Waals surface area (Å²) >= 11 is 6.27. The highest BCUT2D eigenvalue weighted by Gasteiger charge is 2.17. The van der Waals surface area contributed by atoms with Crippen LogP contribution in [0.5, 0.6) is 0 Å². The molecule has 0 aliphatic heterocycles. The van der Waals surface area contributed by atoms with Gasteiger partial charge in [0, 0.05) is 23.6 Å². The monoisotopic (exact) mass is 433 g/mol. The van der Waals surface area contributed by atoms with Gasteiger partial charge in [-0.1, -0.05) is 29.8 Å². The number of ether oxygens (including phenoxy) is 1. The molecule has 152 valence electrons. The number of benzene rings is 2. The van der Waals surface area contributed by atoms with Crippen LogP contribution in [0.15, 0.2) is 46.1 Å². The van der Waals surface area contributed by atoms with Crippen LogP contribution in [0.25, 0.3) is 10.9 Å². The Hall–Kier alpha value is -2.64. The summed E-state index contributed by atoms with van der Waals surface area (Å²) in [5.41, 5.74) is 2.95. The van der Waals surface area contributed by atoms with E-state index in [0.717, 1.165) is 17.4 Å². The first kappa shape index (κ1) is 21.1. The standard InChI is InChI=1S/C21H20ClNO5S/c1-12-16(10-13-4-7-15(8-5-13)29(3,26)27)21(25)23-20-17(22)9-6-14(19(12)20)11-18(24)28-2/h4-9H,10-11H2,1-3H3,(H,23,25). The Bertz CT molecular complexity index is 1260. The number of esters is 1. The van der Waals surface area contributed by atoms with Gasteiger partial charge in [-0.25, -0.2) is 8.42 Å². The van der Waals surface area contributed by atoms with Gasteiger partial charge in [-0.15, -0.1) is 0 Å². The van der Waals surface area contributed by atoms with Gasteiger partial charge >= 0.3 is 5.97 Å². The van der Waals surface area contributed by atoms with E-state index < -0.39 is 15.8 Å². The maximum absolute atomic E-state index is 12.7. The first-order valence-electron chi connectivity index (χ1n) is 8.80. The van der Waals surface area contributed by atoms with Crippen LogP contribution in [0, 0.1) is 6.92 Å². The second-order valence-corrected chi connectivity index (χ2v) is 9.28. The third-order valence-electron chi connectivity index (χ3n) is 4.88. The number of aromatic nitrogens is 1. The molecular formula is C21H20ClNO5S. The Labute approximate surface area is 173 Å². The third-order valence-corrected chi connectivity index (χ3v) is 6.32. The molecule has 3 aromatic rings. The molecule has 8 heteroatoms. The number of halogens is 1. The maximum Gasteiger partial charge on any atom is 0.310 e. The molecule has 1 N–H and O–H groups in total. The van der Waals surface area contributed by atoms with Crippen molar-refractivity contribution in [2.45, 2.75) is 24.7 Å². The van der Waals surface area contributed by atoms with Crippen molar-refractivity contribution in [3.05, 3.63) is 74.0 Å². The lowest BCUT2D eigenvalue weighted by Gasteiger charge is -2.14. The molecule has 0 amide bonds. The van der Waals surface area contributed by atoms with Crippen molar-refractivity contribution in [1.29, 1.82) is 0 Å². The molecule has 0 atom stereocenters. The van der Waals surface area contributed by atoms with Gasteiger partial charge in [-0.2, -0.15) is 0 Å². The summed E-state index contributed by atoms with van der Waals surface area (Å²) in [6.07, 6.45) is 1.51. The van der Waals surface area contributed by atoms with E-state index >= 15 is 0 Å². The topological polar surface area (TPSA) is 93.3 Å². The van der Waals surface area contributed by atoms with Crippen molar-refractivity contribution in [2.75, 3.05) is 13.4 Å². The summed E-state index contributed by atoms with van der Waals surface area (Å²) in [6, 6.07) is 9.81. The number of nitrogens with one attached hydrogen (secondary N) is 1. The molecule has 29 heavy (non-hydrogen) atoms. The SMILES string of the molecule is COC(=O)Cc1ccc(Cl)c2[nH]c(=O)c(Cc3ccc(S(C)(=O)=O)cc3)c(C)c12. The molecule has 0 aliphatic rings. The van der Waals surface area contributed by atoms with E-state index in [1.165, 1.54) is 19.2 Å². The number of carbonyl (C=O) groups excluding carboxylic acids is 1. The Morgan fingerprint density at radius 2 is 1.79 bits per heavy atom. The minimum atomic E-state index is -3.29. The van der Waals surface area contributed by atoms with Gasteiger partial charge in [0.05, 0.1) is 29.0 Å². The zero-order valence-corrected chi connectivity index (χ0v) is 17.8. The molecule has 0 spiro atoms. The number of rotatable bonds is 5. The van der Waals surface area contributed by atoms with Crippen LogP contribution in [-0.4, -0.2) is 32.7 Å². The van der Waals surface area contributed by atoms with Gasteiger partial charge in [0.25, 0.3) is 5.56 Å². The molecule has 1 heterocycles. The number of hydrogen-bond donors (Lipinski definition) is 1. The summed E-state index contributed by atoms with van der Waals surface area (Å²) < 4.78 is 28.0. The minimum absolute atomic E-state index is 0.0551. The van der Waals surface area contributed by atoms with Crippen molar-refractivity contribution in [3.8, 4) is 0 Å². The fourth-order valence-corrected chi connectivity index (χ4v) is 4.16. The second kappa shape index (κ2) is 8.00. The number of methoxy groups -OCH3 is 1. The van der Waals surface area contributed by atoms with Gasteiger partial charge in [-0.05, 0) is 41.8 Å². The fraction of sp³-hybridized carbons (Fsp3) is 0.238. The number of aryl methyl sites for hydroxylation is 1. The summed E-state index contributed by atoms with van der Waals surface area (Å²) in [4.78, 5) is 27.6. The van der Waals surface area contributed by atoms with Crippen LogP contribution in [-0.2, 0) is 32.2 Å². The van der Waals surface area contributed by atoms with Gasteiger partial charge in [0.15, 0.2) is 9.84 Å². The number of fused-ring (bicyclic) bond motifs is 1. The maximum atomic E-state index is 12.7. The normalized spacial score (nSPS) is 11.6. The highest BCUT2D eigenvalue weighted by molar-refractivity contribution is 7.90. The summed E-state index contributed by atoms with van der Waals surface area (Å²) in [5.74, 6) is -0.392. The Kier molecular flexibility index (Phi) is 5.82. The lowest BCUT2D eigenvalue weighted by atomic mass is 9.95. The lowest BCUT2D eigenvalue weighted by Crippen LogP contribution is -2.17. The van der Waals surface area contributed by atoms with Crippen LogP contribution in [0.1, 0.15) is 22.3 Å². The fourth-order valence-electron chi connectivity index (χ4n) is 3.33.